The smallest absolute Gasteiger partial charge is 0.339 e. The lowest BCUT2D eigenvalue weighted by Crippen LogP contribution is -2.15. The quantitative estimate of drug-likeness (QED) is 0.563. The molecule has 0 saturated heterocycles. The molecule has 3 N–H and O–H groups in total. The van der Waals surface area contributed by atoms with E-state index >= 15 is 0 Å². The van der Waals surface area contributed by atoms with Crippen LogP contribution in [0.15, 0.2) is 29.1 Å². The van der Waals surface area contributed by atoms with E-state index in [-0.39, 0.29) is 23.5 Å². The number of thiophene rings is 1. The van der Waals surface area contributed by atoms with Crippen molar-refractivity contribution in [2.45, 2.75) is 39.5 Å². The van der Waals surface area contributed by atoms with Crippen molar-refractivity contribution in [3.8, 4) is 0 Å². The molecule has 0 bridgehead atoms. The van der Waals surface area contributed by atoms with Gasteiger partial charge in [-0.05, 0) is 37.5 Å². The SMILES string of the molecule is CCc1c(C)sc(NC(=O)CCCc2nc3ccccc3c(=O)[nH]2)c1C(=O)O. The number of carboxylic acids is 1. The third kappa shape index (κ3) is 4.12. The standard InChI is InChI=1S/C20H21N3O4S/c1-3-12-11(2)28-19(17(12)20(26)27)23-16(24)10-6-9-15-21-14-8-5-4-7-13(14)18(25)22-15/h4-5,7-8H,3,6,9-10H2,1-2H3,(H,23,24)(H,26,27)(H,21,22,25). The van der Waals surface area contributed by atoms with Crippen LogP contribution in [0.3, 0.4) is 0 Å². The summed E-state index contributed by atoms with van der Waals surface area (Å²) in [5, 5.41) is 13.1. The highest BCUT2D eigenvalue weighted by atomic mass is 32.1. The Balaban J connectivity index is 1.64. The molecule has 146 valence electrons. The van der Waals surface area contributed by atoms with Gasteiger partial charge in [0.15, 0.2) is 0 Å². The fraction of sp³-hybridized carbons (Fsp3) is 0.300. The van der Waals surface area contributed by atoms with Gasteiger partial charge in [0.1, 0.15) is 10.8 Å². The number of aromatic nitrogens is 2. The van der Waals surface area contributed by atoms with Crippen LogP contribution < -0.4 is 10.9 Å². The van der Waals surface area contributed by atoms with E-state index < -0.39 is 5.97 Å². The molecule has 7 nitrogen and oxygen atoms in total. The number of fused-ring (bicyclic) bond motifs is 1. The molecule has 0 radical (unpaired) electrons. The Hall–Kier alpha value is -3.00. The van der Waals surface area contributed by atoms with Gasteiger partial charge in [0.05, 0.1) is 16.5 Å². The predicted molar refractivity (Wildman–Crippen MR) is 109 cm³/mol. The first-order chi connectivity index (χ1) is 13.4. The monoisotopic (exact) mass is 399 g/mol. The van der Waals surface area contributed by atoms with Gasteiger partial charge in [-0.3, -0.25) is 9.59 Å². The third-order valence-corrected chi connectivity index (χ3v) is 5.57. The van der Waals surface area contributed by atoms with Crippen molar-refractivity contribution in [1.82, 2.24) is 9.97 Å². The Kier molecular flexibility index (Phi) is 5.89. The summed E-state index contributed by atoms with van der Waals surface area (Å²) in [7, 11) is 0. The van der Waals surface area contributed by atoms with Crippen molar-refractivity contribution in [2.24, 2.45) is 0 Å². The van der Waals surface area contributed by atoms with Crippen LogP contribution >= 0.6 is 11.3 Å². The molecular weight excluding hydrogens is 378 g/mol. The number of amides is 1. The number of hydrogen-bond acceptors (Lipinski definition) is 5. The lowest BCUT2D eigenvalue weighted by molar-refractivity contribution is -0.116. The summed E-state index contributed by atoms with van der Waals surface area (Å²) >= 11 is 1.28. The first-order valence-electron chi connectivity index (χ1n) is 9.04. The number of carbonyl (C=O) groups excluding carboxylic acids is 1. The molecule has 3 aromatic rings. The fourth-order valence-corrected chi connectivity index (χ4v) is 4.33. The summed E-state index contributed by atoms with van der Waals surface area (Å²) in [5.41, 5.74) is 1.36. The summed E-state index contributed by atoms with van der Waals surface area (Å²) in [4.78, 5) is 44.0. The molecule has 2 heterocycles. The second kappa shape index (κ2) is 8.35. The number of anilines is 1. The first kappa shape index (κ1) is 19.8. The summed E-state index contributed by atoms with van der Waals surface area (Å²) < 4.78 is 0. The van der Waals surface area contributed by atoms with Crippen LogP contribution in [0.1, 0.15) is 46.4 Å². The maximum absolute atomic E-state index is 12.3. The van der Waals surface area contributed by atoms with Gasteiger partial charge >= 0.3 is 5.97 Å². The molecule has 0 fully saturated rings. The molecule has 2 aromatic heterocycles. The molecule has 0 unspecified atom stereocenters. The Labute approximate surface area is 165 Å². The third-order valence-electron chi connectivity index (χ3n) is 4.51. The van der Waals surface area contributed by atoms with Crippen LogP contribution in [0.25, 0.3) is 10.9 Å². The zero-order chi connectivity index (χ0) is 20.3. The average Bonchev–Trinajstić information content (AvgIpc) is 2.96. The number of carbonyl (C=O) groups is 2. The number of aromatic amines is 1. The van der Waals surface area contributed by atoms with Gasteiger partial charge in [-0.25, -0.2) is 9.78 Å². The fourth-order valence-electron chi connectivity index (χ4n) is 3.18. The largest absolute Gasteiger partial charge is 0.478 e. The van der Waals surface area contributed by atoms with Crippen molar-refractivity contribution in [2.75, 3.05) is 5.32 Å². The molecule has 3 rings (SSSR count). The number of nitrogens with zero attached hydrogens (tertiary/aromatic N) is 1. The maximum Gasteiger partial charge on any atom is 0.339 e. The minimum absolute atomic E-state index is 0.180. The van der Waals surface area contributed by atoms with E-state index in [0.717, 1.165) is 10.4 Å². The molecule has 0 aliphatic heterocycles. The van der Waals surface area contributed by atoms with Crippen LogP contribution in [-0.2, 0) is 17.6 Å². The van der Waals surface area contributed by atoms with Gasteiger partial charge in [0.2, 0.25) is 5.91 Å². The maximum atomic E-state index is 12.3. The number of para-hydroxylation sites is 1. The molecule has 0 aliphatic carbocycles. The summed E-state index contributed by atoms with van der Waals surface area (Å²) in [6.45, 7) is 3.75. The zero-order valence-electron chi connectivity index (χ0n) is 15.7. The highest BCUT2D eigenvalue weighted by Gasteiger charge is 2.21. The summed E-state index contributed by atoms with van der Waals surface area (Å²) in [6.07, 6.45) is 1.73. The average molecular weight is 399 g/mol. The van der Waals surface area contributed by atoms with E-state index in [1.165, 1.54) is 11.3 Å². The van der Waals surface area contributed by atoms with E-state index in [2.05, 4.69) is 15.3 Å². The van der Waals surface area contributed by atoms with Crippen molar-refractivity contribution in [3.63, 3.8) is 0 Å². The number of aromatic carboxylic acids is 1. The first-order valence-corrected chi connectivity index (χ1v) is 9.85. The van der Waals surface area contributed by atoms with E-state index in [9.17, 15) is 19.5 Å². The lowest BCUT2D eigenvalue weighted by atomic mass is 10.1. The second-order valence-corrected chi connectivity index (χ2v) is 7.66. The molecule has 0 saturated carbocycles. The van der Waals surface area contributed by atoms with Gasteiger partial charge in [-0.2, -0.15) is 0 Å². The Morgan fingerprint density at radius 2 is 2.04 bits per heavy atom. The minimum atomic E-state index is -1.03. The van der Waals surface area contributed by atoms with Gasteiger partial charge in [0.25, 0.3) is 5.56 Å². The van der Waals surface area contributed by atoms with Crippen LogP contribution in [0.4, 0.5) is 5.00 Å². The van der Waals surface area contributed by atoms with Gasteiger partial charge in [-0.15, -0.1) is 11.3 Å². The highest BCUT2D eigenvalue weighted by Crippen LogP contribution is 2.33. The topological polar surface area (TPSA) is 112 Å². The lowest BCUT2D eigenvalue weighted by Gasteiger charge is -2.06. The van der Waals surface area contributed by atoms with Crippen molar-refractivity contribution < 1.29 is 14.7 Å². The highest BCUT2D eigenvalue weighted by molar-refractivity contribution is 7.16. The Morgan fingerprint density at radius 3 is 2.75 bits per heavy atom. The molecule has 0 aliphatic rings. The van der Waals surface area contributed by atoms with E-state index in [0.29, 0.717) is 41.0 Å². The van der Waals surface area contributed by atoms with Crippen molar-refractivity contribution >= 4 is 39.1 Å². The van der Waals surface area contributed by atoms with Crippen molar-refractivity contribution in [3.05, 3.63) is 56.4 Å². The van der Waals surface area contributed by atoms with Crippen molar-refractivity contribution in [1.29, 1.82) is 0 Å². The molecule has 8 heteroatoms. The molecule has 0 atom stereocenters. The second-order valence-electron chi connectivity index (χ2n) is 6.43. The molecule has 0 spiro atoms. The van der Waals surface area contributed by atoms with Crippen LogP contribution in [-0.4, -0.2) is 27.0 Å². The Bertz CT molecular complexity index is 1100. The number of hydrogen-bond donors (Lipinski definition) is 3. The van der Waals surface area contributed by atoms with E-state index in [4.69, 9.17) is 0 Å². The number of nitrogens with one attached hydrogen (secondary N) is 2. The number of aryl methyl sites for hydroxylation is 2. The normalized spacial score (nSPS) is 10.9. The van der Waals surface area contributed by atoms with E-state index in [1.54, 1.807) is 18.2 Å². The Morgan fingerprint density at radius 1 is 1.29 bits per heavy atom. The summed E-state index contributed by atoms with van der Waals surface area (Å²) in [5.74, 6) is -0.757. The molecule has 28 heavy (non-hydrogen) atoms. The van der Waals surface area contributed by atoms with Crippen LogP contribution in [0, 0.1) is 6.92 Å². The van der Waals surface area contributed by atoms with Gasteiger partial charge < -0.3 is 15.4 Å². The zero-order valence-corrected chi connectivity index (χ0v) is 16.5. The predicted octanol–water partition coefficient (Wildman–Crippen LogP) is 3.52. The van der Waals surface area contributed by atoms with E-state index in [1.807, 2.05) is 19.9 Å². The van der Waals surface area contributed by atoms with Gasteiger partial charge in [0, 0.05) is 17.7 Å². The molecule has 1 amide bonds. The summed E-state index contributed by atoms with van der Waals surface area (Å²) in [6, 6.07) is 7.09. The van der Waals surface area contributed by atoms with Gasteiger partial charge in [-0.1, -0.05) is 19.1 Å². The number of benzene rings is 1. The molecule has 1 aromatic carbocycles. The number of rotatable bonds is 7. The van der Waals surface area contributed by atoms with Crippen LogP contribution in [0.2, 0.25) is 0 Å². The number of H-pyrrole nitrogens is 1. The van der Waals surface area contributed by atoms with Crippen LogP contribution in [0.5, 0.6) is 0 Å². The number of carboxylic acid groups (broad SMARTS) is 1. The molecular formula is C20H21N3O4S. The minimum Gasteiger partial charge on any atom is -0.478 e.